The maximum Gasteiger partial charge on any atom is 0.272 e. The van der Waals surface area contributed by atoms with Crippen LogP contribution in [0.4, 0.5) is 0 Å². The number of nitrogens with one attached hydrogen (secondary N) is 1. The van der Waals surface area contributed by atoms with Crippen LogP contribution in [0, 0.1) is 6.92 Å². The van der Waals surface area contributed by atoms with Crippen LogP contribution in [0.15, 0.2) is 12.4 Å². The second-order valence-electron chi connectivity index (χ2n) is 5.56. The van der Waals surface area contributed by atoms with E-state index in [1.54, 1.807) is 13.3 Å². The first-order valence-electron chi connectivity index (χ1n) is 7.47. The fourth-order valence-electron chi connectivity index (χ4n) is 2.93. The number of fused-ring (bicyclic) bond motifs is 1. The summed E-state index contributed by atoms with van der Waals surface area (Å²) in [6, 6.07) is -0.0545. The van der Waals surface area contributed by atoms with Crippen LogP contribution >= 0.6 is 0 Å². The molecule has 1 N–H and O–H groups in total. The second-order valence-corrected chi connectivity index (χ2v) is 5.56. The number of hydrogen-bond acceptors (Lipinski definition) is 4. The molecule has 7 nitrogen and oxygen atoms in total. The van der Waals surface area contributed by atoms with E-state index in [-0.39, 0.29) is 11.9 Å². The smallest absolute Gasteiger partial charge is 0.272 e. The fourth-order valence-corrected chi connectivity index (χ4v) is 2.93. The number of amides is 1. The van der Waals surface area contributed by atoms with Crippen LogP contribution in [-0.4, -0.2) is 50.6 Å². The van der Waals surface area contributed by atoms with Gasteiger partial charge >= 0.3 is 0 Å². The highest BCUT2D eigenvalue weighted by Gasteiger charge is 2.31. The van der Waals surface area contributed by atoms with Gasteiger partial charge in [-0.15, -0.1) is 0 Å². The summed E-state index contributed by atoms with van der Waals surface area (Å²) in [5.41, 5.74) is 1.69. The number of carbonyl (C=O) groups is 1. The Morgan fingerprint density at radius 1 is 1.41 bits per heavy atom. The highest BCUT2D eigenvalue weighted by atomic mass is 16.5. The van der Waals surface area contributed by atoms with Gasteiger partial charge in [0.15, 0.2) is 0 Å². The molecule has 0 saturated heterocycles. The zero-order valence-corrected chi connectivity index (χ0v) is 13.2. The zero-order chi connectivity index (χ0) is 15.7. The van der Waals surface area contributed by atoms with Gasteiger partial charge in [-0.05, 0) is 13.8 Å². The Labute approximate surface area is 129 Å². The molecule has 118 valence electrons. The largest absolute Gasteiger partial charge is 0.384 e. The Bertz CT molecular complexity index is 675. The van der Waals surface area contributed by atoms with Crippen molar-refractivity contribution in [2.75, 3.05) is 20.3 Å². The standard InChI is InChI=1S/C15H21N5O2/c1-10-14-17-8-12(4-7-22-3)20(14)6-5-19(10)15(21)13-9-16-11(2)18-13/h8-10H,4-7H2,1-3H3,(H,16,18)/t10-/m0/s1. The second kappa shape index (κ2) is 5.92. The summed E-state index contributed by atoms with van der Waals surface area (Å²) in [7, 11) is 1.70. The average molecular weight is 303 g/mol. The zero-order valence-electron chi connectivity index (χ0n) is 13.2. The number of carbonyl (C=O) groups excluding carboxylic acids is 1. The van der Waals surface area contributed by atoms with E-state index >= 15 is 0 Å². The molecule has 1 aliphatic heterocycles. The molecule has 2 aromatic rings. The lowest BCUT2D eigenvalue weighted by Crippen LogP contribution is -2.41. The predicted octanol–water partition coefficient (Wildman–Crippen LogP) is 1.32. The third-order valence-corrected chi connectivity index (χ3v) is 4.13. The number of H-pyrrole nitrogens is 1. The lowest BCUT2D eigenvalue weighted by Gasteiger charge is -2.34. The van der Waals surface area contributed by atoms with E-state index in [0.29, 0.717) is 18.8 Å². The molecule has 2 aromatic heterocycles. The van der Waals surface area contributed by atoms with Crippen molar-refractivity contribution in [1.82, 2.24) is 24.4 Å². The van der Waals surface area contributed by atoms with Gasteiger partial charge in [-0.1, -0.05) is 0 Å². The number of rotatable bonds is 4. The van der Waals surface area contributed by atoms with Crippen LogP contribution in [0.25, 0.3) is 0 Å². The van der Waals surface area contributed by atoms with Gasteiger partial charge in [0.1, 0.15) is 17.3 Å². The Hall–Kier alpha value is -2.15. The van der Waals surface area contributed by atoms with Gasteiger partial charge in [0.2, 0.25) is 0 Å². The number of aryl methyl sites for hydroxylation is 1. The summed E-state index contributed by atoms with van der Waals surface area (Å²) in [6.07, 6.45) is 4.32. The molecule has 1 atom stereocenters. The molecule has 0 unspecified atom stereocenters. The van der Waals surface area contributed by atoms with Crippen LogP contribution in [0.1, 0.15) is 40.8 Å². The third-order valence-electron chi connectivity index (χ3n) is 4.13. The summed E-state index contributed by atoms with van der Waals surface area (Å²) < 4.78 is 7.34. The molecule has 0 radical (unpaired) electrons. The monoisotopic (exact) mass is 303 g/mol. The molecule has 0 saturated carbocycles. The van der Waals surface area contributed by atoms with E-state index < -0.39 is 0 Å². The third kappa shape index (κ3) is 2.52. The van der Waals surface area contributed by atoms with E-state index in [4.69, 9.17) is 4.74 Å². The van der Waals surface area contributed by atoms with E-state index in [2.05, 4.69) is 19.5 Å². The van der Waals surface area contributed by atoms with Crippen molar-refractivity contribution < 1.29 is 9.53 Å². The molecule has 3 heterocycles. The normalized spacial score (nSPS) is 17.6. The SMILES string of the molecule is COCCc1cnc2n1CCN(C(=O)c1cnc(C)[nH]1)[C@H]2C. The van der Waals surface area contributed by atoms with Gasteiger partial charge in [-0.3, -0.25) is 4.79 Å². The van der Waals surface area contributed by atoms with E-state index in [1.165, 1.54) is 0 Å². The van der Waals surface area contributed by atoms with E-state index in [0.717, 1.165) is 30.3 Å². The minimum absolute atomic E-state index is 0.0270. The van der Waals surface area contributed by atoms with Gasteiger partial charge in [0.25, 0.3) is 5.91 Å². The summed E-state index contributed by atoms with van der Waals surface area (Å²) in [5.74, 6) is 1.65. The Balaban J connectivity index is 1.81. The molecule has 0 fully saturated rings. The molecule has 0 aliphatic carbocycles. The topological polar surface area (TPSA) is 76.0 Å². The van der Waals surface area contributed by atoms with Crippen molar-refractivity contribution in [1.29, 1.82) is 0 Å². The lowest BCUT2D eigenvalue weighted by atomic mass is 10.2. The van der Waals surface area contributed by atoms with Crippen molar-refractivity contribution in [3.05, 3.63) is 35.4 Å². The maximum absolute atomic E-state index is 12.6. The number of ether oxygens (including phenoxy) is 1. The van der Waals surface area contributed by atoms with Crippen molar-refractivity contribution >= 4 is 5.91 Å². The number of imidazole rings is 2. The molecule has 0 aromatic carbocycles. The van der Waals surface area contributed by atoms with Crippen LogP contribution < -0.4 is 0 Å². The summed E-state index contributed by atoms with van der Waals surface area (Å²) in [5, 5.41) is 0. The summed E-state index contributed by atoms with van der Waals surface area (Å²) in [4.78, 5) is 26.1. The van der Waals surface area contributed by atoms with Crippen LogP contribution in [-0.2, 0) is 17.7 Å². The number of nitrogens with zero attached hydrogens (tertiary/aromatic N) is 4. The summed E-state index contributed by atoms with van der Waals surface area (Å²) in [6.45, 7) is 5.96. The molecule has 1 aliphatic rings. The first-order valence-corrected chi connectivity index (χ1v) is 7.47. The van der Waals surface area contributed by atoms with Gasteiger partial charge < -0.3 is 19.2 Å². The van der Waals surface area contributed by atoms with E-state index in [1.807, 2.05) is 24.9 Å². The Morgan fingerprint density at radius 2 is 2.23 bits per heavy atom. The van der Waals surface area contributed by atoms with Crippen molar-refractivity contribution in [2.45, 2.75) is 32.9 Å². The molecular formula is C15H21N5O2. The number of methoxy groups -OCH3 is 1. The fraction of sp³-hybridized carbons (Fsp3) is 0.533. The minimum Gasteiger partial charge on any atom is -0.384 e. The number of hydrogen-bond donors (Lipinski definition) is 1. The molecule has 3 rings (SSSR count). The highest BCUT2D eigenvalue weighted by Crippen LogP contribution is 2.26. The molecule has 0 spiro atoms. The van der Waals surface area contributed by atoms with E-state index in [9.17, 15) is 4.79 Å². The average Bonchev–Trinajstić information content (AvgIpc) is 3.12. The predicted molar refractivity (Wildman–Crippen MR) is 80.6 cm³/mol. The van der Waals surface area contributed by atoms with Gasteiger partial charge in [-0.25, -0.2) is 9.97 Å². The van der Waals surface area contributed by atoms with Gasteiger partial charge in [0, 0.05) is 38.5 Å². The maximum atomic E-state index is 12.6. The first-order chi connectivity index (χ1) is 10.6. The Morgan fingerprint density at radius 3 is 2.91 bits per heavy atom. The highest BCUT2D eigenvalue weighted by molar-refractivity contribution is 5.92. The molecule has 7 heteroatoms. The van der Waals surface area contributed by atoms with Crippen molar-refractivity contribution in [3.8, 4) is 0 Å². The number of aromatic nitrogens is 4. The number of aromatic amines is 1. The minimum atomic E-state index is -0.0545. The van der Waals surface area contributed by atoms with Gasteiger partial charge in [0.05, 0.1) is 18.8 Å². The Kier molecular flexibility index (Phi) is 3.98. The molecular weight excluding hydrogens is 282 g/mol. The summed E-state index contributed by atoms with van der Waals surface area (Å²) >= 11 is 0. The molecule has 22 heavy (non-hydrogen) atoms. The van der Waals surface area contributed by atoms with Gasteiger partial charge in [-0.2, -0.15) is 0 Å². The quantitative estimate of drug-likeness (QED) is 0.924. The molecule has 0 bridgehead atoms. The first kappa shape index (κ1) is 14.8. The van der Waals surface area contributed by atoms with Crippen LogP contribution in [0.5, 0.6) is 0 Å². The van der Waals surface area contributed by atoms with Crippen LogP contribution in [0.2, 0.25) is 0 Å². The van der Waals surface area contributed by atoms with Crippen LogP contribution in [0.3, 0.4) is 0 Å². The van der Waals surface area contributed by atoms with Crippen molar-refractivity contribution in [3.63, 3.8) is 0 Å². The molecule has 1 amide bonds. The lowest BCUT2D eigenvalue weighted by molar-refractivity contribution is 0.0630. The van der Waals surface area contributed by atoms with Crippen molar-refractivity contribution in [2.24, 2.45) is 0 Å².